The van der Waals surface area contributed by atoms with Crippen LogP contribution in [-0.4, -0.2) is 0 Å². The van der Waals surface area contributed by atoms with Crippen LogP contribution in [0.1, 0.15) is 28.3 Å². The van der Waals surface area contributed by atoms with Crippen LogP contribution < -0.4 is 11.3 Å². The van der Waals surface area contributed by atoms with E-state index in [0.717, 1.165) is 22.6 Å². The molecule has 0 aliphatic heterocycles. The minimum absolute atomic E-state index is 0.0695. The van der Waals surface area contributed by atoms with Crippen LogP contribution in [-0.2, 0) is 6.42 Å². The molecule has 2 rings (SSSR count). The predicted molar refractivity (Wildman–Crippen MR) is 81.1 cm³/mol. The lowest BCUT2D eigenvalue weighted by Gasteiger charge is -2.17. The Balaban J connectivity index is 2.22. The third-order valence-corrected chi connectivity index (χ3v) is 3.45. The molecule has 0 heterocycles. The minimum Gasteiger partial charge on any atom is -0.271 e. The monoisotopic (exact) mass is 274 g/mol. The van der Waals surface area contributed by atoms with E-state index in [1.54, 1.807) is 0 Å². The molecule has 1 unspecified atom stereocenters. The molecule has 2 nitrogen and oxygen atoms in total. The highest BCUT2D eigenvalue weighted by Crippen LogP contribution is 2.23. The molecule has 0 aliphatic carbocycles. The van der Waals surface area contributed by atoms with Gasteiger partial charge in [0, 0.05) is 5.02 Å². The molecule has 1 atom stereocenters. The Hall–Kier alpha value is -1.35. The zero-order valence-electron chi connectivity index (χ0n) is 11.3. The highest BCUT2D eigenvalue weighted by molar-refractivity contribution is 6.30. The second-order valence-electron chi connectivity index (χ2n) is 4.97. The number of hydrogen-bond acceptors (Lipinski definition) is 2. The van der Waals surface area contributed by atoms with E-state index < -0.39 is 0 Å². The van der Waals surface area contributed by atoms with Crippen LogP contribution in [0.5, 0.6) is 0 Å². The smallest absolute Gasteiger partial charge is 0.0500 e. The van der Waals surface area contributed by atoms with Gasteiger partial charge in [-0.05, 0) is 49.1 Å². The van der Waals surface area contributed by atoms with Crippen molar-refractivity contribution < 1.29 is 0 Å². The van der Waals surface area contributed by atoms with E-state index in [0.29, 0.717) is 0 Å². The summed E-state index contributed by atoms with van der Waals surface area (Å²) in [6, 6.07) is 14.6. The standard InChI is InChI=1S/C16H19ClN2/c1-11-3-5-13(6-4-11)9-16(19-18)14-7-12(2)8-15(17)10-14/h3-8,10,16,19H,9,18H2,1-2H3. The zero-order chi connectivity index (χ0) is 13.8. The Morgan fingerprint density at radius 3 is 2.32 bits per heavy atom. The molecule has 2 aromatic carbocycles. The number of hydrazine groups is 1. The minimum atomic E-state index is 0.0695. The van der Waals surface area contributed by atoms with Gasteiger partial charge in [0.2, 0.25) is 0 Å². The van der Waals surface area contributed by atoms with Crippen molar-refractivity contribution in [3.05, 3.63) is 69.7 Å². The molecule has 0 radical (unpaired) electrons. The third kappa shape index (κ3) is 3.80. The zero-order valence-corrected chi connectivity index (χ0v) is 12.0. The third-order valence-electron chi connectivity index (χ3n) is 3.23. The van der Waals surface area contributed by atoms with Crippen LogP contribution in [0.4, 0.5) is 0 Å². The lowest BCUT2D eigenvalue weighted by molar-refractivity contribution is 0.551. The van der Waals surface area contributed by atoms with Crippen LogP contribution >= 0.6 is 11.6 Å². The second kappa shape index (κ2) is 6.20. The maximum absolute atomic E-state index is 6.11. The average molecular weight is 275 g/mol. The highest BCUT2D eigenvalue weighted by Gasteiger charge is 2.11. The quantitative estimate of drug-likeness (QED) is 0.659. The average Bonchev–Trinajstić information content (AvgIpc) is 2.37. The first-order chi connectivity index (χ1) is 9.08. The van der Waals surface area contributed by atoms with Gasteiger partial charge in [0.25, 0.3) is 0 Å². The number of aryl methyl sites for hydroxylation is 2. The Labute approximate surface area is 119 Å². The van der Waals surface area contributed by atoms with Gasteiger partial charge in [-0.3, -0.25) is 11.3 Å². The summed E-state index contributed by atoms with van der Waals surface area (Å²) in [4.78, 5) is 0. The van der Waals surface area contributed by atoms with E-state index in [-0.39, 0.29) is 6.04 Å². The fraction of sp³-hybridized carbons (Fsp3) is 0.250. The summed E-state index contributed by atoms with van der Waals surface area (Å²) in [5.74, 6) is 5.69. The fourth-order valence-electron chi connectivity index (χ4n) is 2.20. The Morgan fingerprint density at radius 2 is 1.74 bits per heavy atom. The summed E-state index contributed by atoms with van der Waals surface area (Å²) in [6.07, 6.45) is 0.844. The van der Waals surface area contributed by atoms with Gasteiger partial charge in [-0.25, -0.2) is 0 Å². The molecule has 0 aromatic heterocycles. The van der Waals surface area contributed by atoms with Crippen molar-refractivity contribution in [2.45, 2.75) is 26.3 Å². The van der Waals surface area contributed by atoms with Gasteiger partial charge in [-0.2, -0.15) is 0 Å². The summed E-state index contributed by atoms with van der Waals surface area (Å²) in [5, 5.41) is 0.749. The fourth-order valence-corrected chi connectivity index (χ4v) is 2.50. The highest BCUT2D eigenvalue weighted by atomic mass is 35.5. The SMILES string of the molecule is Cc1ccc(CC(NN)c2cc(C)cc(Cl)c2)cc1. The maximum atomic E-state index is 6.11. The van der Waals surface area contributed by atoms with Crippen molar-refractivity contribution >= 4 is 11.6 Å². The van der Waals surface area contributed by atoms with Crippen molar-refractivity contribution in [2.75, 3.05) is 0 Å². The van der Waals surface area contributed by atoms with Crippen molar-refractivity contribution in [3.63, 3.8) is 0 Å². The van der Waals surface area contributed by atoms with Crippen molar-refractivity contribution in [1.29, 1.82) is 0 Å². The predicted octanol–water partition coefficient (Wildman–Crippen LogP) is 3.70. The second-order valence-corrected chi connectivity index (χ2v) is 5.41. The summed E-state index contributed by atoms with van der Waals surface area (Å²) >= 11 is 6.11. The Kier molecular flexibility index (Phi) is 4.59. The van der Waals surface area contributed by atoms with Crippen molar-refractivity contribution in [3.8, 4) is 0 Å². The van der Waals surface area contributed by atoms with E-state index in [1.165, 1.54) is 11.1 Å². The number of nitrogens with two attached hydrogens (primary N) is 1. The van der Waals surface area contributed by atoms with E-state index >= 15 is 0 Å². The van der Waals surface area contributed by atoms with E-state index in [2.05, 4.69) is 42.7 Å². The number of hydrogen-bond donors (Lipinski definition) is 2. The Bertz CT molecular complexity index is 529. The molecule has 0 bridgehead atoms. The summed E-state index contributed by atoms with van der Waals surface area (Å²) in [7, 11) is 0. The molecular weight excluding hydrogens is 256 g/mol. The van der Waals surface area contributed by atoms with Gasteiger partial charge < -0.3 is 0 Å². The molecule has 19 heavy (non-hydrogen) atoms. The number of benzene rings is 2. The summed E-state index contributed by atoms with van der Waals surface area (Å²) < 4.78 is 0. The van der Waals surface area contributed by atoms with Crippen molar-refractivity contribution in [2.24, 2.45) is 5.84 Å². The van der Waals surface area contributed by atoms with Gasteiger partial charge in [0.05, 0.1) is 6.04 Å². The van der Waals surface area contributed by atoms with Gasteiger partial charge in [-0.15, -0.1) is 0 Å². The molecule has 0 saturated carbocycles. The largest absolute Gasteiger partial charge is 0.271 e. The van der Waals surface area contributed by atoms with Gasteiger partial charge in [-0.1, -0.05) is 47.5 Å². The van der Waals surface area contributed by atoms with Crippen LogP contribution in [0, 0.1) is 13.8 Å². The van der Waals surface area contributed by atoms with Gasteiger partial charge in [0.15, 0.2) is 0 Å². The van der Waals surface area contributed by atoms with Crippen LogP contribution in [0.25, 0.3) is 0 Å². The summed E-state index contributed by atoms with van der Waals surface area (Å²) in [5.41, 5.74) is 7.66. The molecule has 0 aliphatic rings. The number of rotatable bonds is 4. The van der Waals surface area contributed by atoms with Crippen molar-refractivity contribution in [1.82, 2.24) is 5.43 Å². The molecule has 0 amide bonds. The molecule has 0 saturated heterocycles. The van der Waals surface area contributed by atoms with Crippen LogP contribution in [0.2, 0.25) is 5.02 Å². The molecular formula is C16H19ClN2. The first-order valence-corrected chi connectivity index (χ1v) is 6.75. The summed E-state index contributed by atoms with van der Waals surface area (Å²) in [6.45, 7) is 4.12. The maximum Gasteiger partial charge on any atom is 0.0500 e. The lowest BCUT2D eigenvalue weighted by Crippen LogP contribution is -2.29. The molecule has 3 heteroatoms. The molecule has 0 spiro atoms. The topological polar surface area (TPSA) is 38.0 Å². The number of halogens is 1. The first kappa shape index (κ1) is 14.1. The van der Waals surface area contributed by atoms with E-state index in [1.807, 2.05) is 19.1 Å². The van der Waals surface area contributed by atoms with E-state index in [9.17, 15) is 0 Å². The van der Waals surface area contributed by atoms with Gasteiger partial charge in [0.1, 0.15) is 0 Å². The molecule has 3 N–H and O–H groups in total. The molecule has 100 valence electrons. The van der Waals surface area contributed by atoms with Crippen LogP contribution in [0.3, 0.4) is 0 Å². The normalized spacial score (nSPS) is 12.4. The van der Waals surface area contributed by atoms with E-state index in [4.69, 9.17) is 17.4 Å². The molecule has 2 aromatic rings. The first-order valence-electron chi connectivity index (χ1n) is 6.37. The van der Waals surface area contributed by atoms with Crippen LogP contribution in [0.15, 0.2) is 42.5 Å². The lowest BCUT2D eigenvalue weighted by atomic mass is 9.97. The van der Waals surface area contributed by atoms with Gasteiger partial charge >= 0.3 is 0 Å². The Morgan fingerprint density at radius 1 is 1.05 bits per heavy atom. The number of nitrogens with one attached hydrogen (secondary N) is 1. The molecule has 0 fully saturated rings.